The standard InChI is InChI=1S/C15H18FNOS/c1-3-13(17)15(14-9-4-10(2)19-14)18-12-7-5-11(16)6-8-12/h4-9,13,15H,3,17H2,1-2H3. The van der Waals surface area contributed by atoms with Gasteiger partial charge >= 0.3 is 0 Å². The highest BCUT2D eigenvalue weighted by molar-refractivity contribution is 7.12. The minimum absolute atomic E-state index is 0.0805. The van der Waals surface area contributed by atoms with E-state index in [1.807, 2.05) is 13.0 Å². The van der Waals surface area contributed by atoms with Gasteiger partial charge in [0.2, 0.25) is 0 Å². The molecule has 2 N–H and O–H groups in total. The molecular weight excluding hydrogens is 261 g/mol. The maximum absolute atomic E-state index is 12.9. The Morgan fingerprint density at radius 2 is 1.89 bits per heavy atom. The zero-order chi connectivity index (χ0) is 13.8. The zero-order valence-electron chi connectivity index (χ0n) is 11.1. The van der Waals surface area contributed by atoms with Crippen LogP contribution < -0.4 is 10.5 Å². The summed E-state index contributed by atoms with van der Waals surface area (Å²) in [7, 11) is 0. The van der Waals surface area contributed by atoms with Gasteiger partial charge < -0.3 is 10.5 Å². The number of thiophene rings is 1. The average molecular weight is 279 g/mol. The van der Waals surface area contributed by atoms with Gasteiger partial charge in [-0.1, -0.05) is 6.92 Å². The average Bonchev–Trinajstić information content (AvgIpc) is 2.83. The summed E-state index contributed by atoms with van der Waals surface area (Å²) in [5.74, 6) is 0.372. The van der Waals surface area contributed by atoms with Crippen LogP contribution in [0.15, 0.2) is 36.4 Å². The fourth-order valence-corrected chi connectivity index (χ4v) is 2.82. The summed E-state index contributed by atoms with van der Waals surface area (Å²) in [6.45, 7) is 4.09. The maximum Gasteiger partial charge on any atom is 0.148 e. The number of aryl methyl sites for hydroxylation is 1. The van der Waals surface area contributed by atoms with Crippen LogP contribution in [0.3, 0.4) is 0 Å². The first-order valence-electron chi connectivity index (χ1n) is 6.34. The second-order valence-corrected chi connectivity index (χ2v) is 5.83. The van der Waals surface area contributed by atoms with Crippen molar-refractivity contribution >= 4 is 11.3 Å². The third kappa shape index (κ3) is 3.55. The van der Waals surface area contributed by atoms with Gasteiger partial charge in [-0.25, -0.2) is 4.39 Å². The highest BCUT2D eigenvalue weighted by atomic mass is 32.1. The smallest absolute Gasteiger partial charge is 0.148 e. The molecular formula is C15H18FNOS. The fraction of sp³-hybridized carbons (Fsp3) is 0.333. The van der Waals surface area contributed by atoms with E-state index in [4.69, 9.17) is 10.5 Å². The van der Waals surface area contributed by atoms with Crippen LogP contribution in [0.1, 0.15) is 29.2 Å². The van der Waals surface area contributed by atoms with Crippen molar-refractivity contribution in [2.75, 3.05) is 0 Å². The van der Waals surface area contributed by atoms with E-state index in [0.29, 0.717) is 5.75 Å². The molecule has 0 radical (unpaired) electrons. The molecule has 1 heterocycles. The van der Waals surface area contributed by atoms with E-state index in [1.54, 1.807) is 23.5 Å². The van der Waals surface area contributed by atoms with Gasteiger partial charge in [-0.3, -0.25) is 0 Å². The Kier molecular flexibility index (Phi) is 4.56. The molecule has 1 aromatic carbocycles. The zero-order valence-corrected chi connectivity index (χ0v) is 11.9. The predicted octanol–water partition coefficient (Wildman–Crippen LogP) is 4.05. The molecule has 0 aliphatic carbocycles. The third-order valence-electron chi connectivity index (χ3n) is 2.98. The molecule has 2 rings (SSSR count). The number of ether oxygens (including phenoxy) is 1. The van der Waals surface area contributed by atoms with E-state index in [-0.39, 0.29) is 18.0 Å². The predicted molar refractivity (Wildman–Crippen MR) is 77.1 cm³/mol. The summed E-state index contributed by atoms with van der Waals surface area (Å²) in [5.41, 5.74) is 6.14. The van der Waals surface area contributed by atoms with Crippen LogP contribution in [0.4, 0.5) is 4.39 Å². The summed E-state index contributed by atoms with van der Waals surface area (Å²) < 4.78 is 18.8. The van der Waals surface area contributed by atoms with E-state index >= 15 is 0 Å². The molecule has 0 fully saturated rings. The Hall–Kier alpha value is -1.39. The molecule has 1 aromatic heterocycles. The van der Waals surface area contributed by atoms with Crippen molar-refractivity contribution in [3.8, 4) is 5.75 Å². The van der Waals surface area contributed by atoms with Gasteiger partial charge in [0.15, 0.2) is 0 Å². The van der Waals surface area contributed by atoms with Crippen molar-refractivity contribution < 1.29 is 9.13 Å². The molecule has 2 aromatic rings. The fourth-order valence-electron chi connectivity index (χ4n) is 1.84. The molecule has 2 unspecified atom stereocenters. The lowest BCUT2D eigenvalue weighted by molar-refractivity contribution is 0.174. The van der Waals surface area contributed by atoms with Crippen LogP contribution in [-0.2, 0) is 0 Å². The van der Waals surface area contributed by atoms with Gasteiger partial charge in [-0.2, -0.15) is 0 Å². The van der Waals surface area contributed by atoms with E-state index in [0.717, 1.165) is 11.3 Å². The summed E-state index contributed by atoms with van der Waals surface area (Å²) >= 11 is 1.68. The Bertz CT molecular complexity index is 523. The lowest BCUT2D eigenvalue weighted by Crippen LogP contribution is -2.30. The molecule has 0 spiro atoms. The molecule has 0 bridgehead atoms. The van der Waals surface area contributed by atoms with Crippen LogP contribution in [0.5, 0.6) is 5.75 Å². The first-order valence-corrected chi connectivity index (χ1v) is 7.16. The molecule has 0 amide bonds. The SMILES string of the molecule is CCC(N)C(Oc1ccc(F)cc1)c1ccc(C)s1. The van der Waals surface area contributed by atoms with E-state index < -0.39 is 0 Å². The summed E-state index contributed by atoms with van der Waals surface area (Å²) in [6, 6.07) is 10.1. The second kappa shape index (κ2) is 6.17. The molecule has 2 nitrogen and oxygen atoms in total. The minimum atomic E-state index is -0.268. The number of benzene rings is 1. The van der Waals surface area contributed by atoms with Crippen LogP contribution >= 0.6 is 11.3 Å². The van der Waals surface area contributed by atoms with Crippen LogP contribution in [-0.4, -0.2) is 6.04 Å². The Morgan fingerprint density at radius 1 is 1.21 bits per heavy atom. The highest BCUT2D eigenvalue weighted by Crippen LogP contribution is 2.30. The van der Waals surface area contributed by atoms with Gasteiger partial charge in [-0.05, 0) is 49.7 Å². The number of nitrogens with two attached hydrogens (primary N) is 1. The topological polar surface area (TPSA) is 35.2 Å². The maximum atomic E-state index is 12.9. The monoisotopic (exact) mass is 279 g/mol. The van der Waals surface area contributed by atoms with E-state index in [1.165, 1.54) is 17.0 Å². The molecule has 0 saturated carbocycles. The van der Waals surface area contributed by atoms with Crippen molar-refractivity contribution in [1.82, 2.24) is 0 Å². The van der Waals surface area contributed by atoms with E-state index in [9.17, 15) is 4.39 Å². The Labute approximate surface area is 117 Å². The minimum Gasteiger partial charge on any atom is -0.483 e. The number of halogens is 1. The largest absolute Gasteiger partial charge is 0.483 e. The van der Waals surface area contributed by atoms with Crippen molar-refractivity contribution in [3.05, 3.63) is 52.0 Å². The normalized spacial score (nSPS) is 14.1. The first-order chi connectivity index (χ1) is 9.10. The molecule has 2 atom stereocenters. The van der Waals surface area contributed by atoms with Gasteiger partial charge in [-0.15, -0.1) is 11.3 Å². The second-order valence-electron chi connectivity index (χ2n) is 4.51. The van der Waals surface area contributed by atoms with Gasteiger partial charge in [0.25, 0.3) is 0 Å². The molecule has 0 saturated heterocycles. The molecule has 0 aliphatic rings. The lowest BCUT2D eigenvalue weighted by atomic mass is 10.1. The van der Waals surface area contributed by atoms with Crippen LogP contribution in [0, 0.1) is 12.7 Å². The summed E-state index contributed by atoms with van der Waals surface area (Å²) in [4.78, 5) is 2.34. The number of hydrogen-bond donors (Lipinski definition) is 1. The molecule has 4 heteroatoms. The van der Waals surface area contributed by atoms with Gasteiger partial charge in [0.1, 0.15) is 17.7 Å². The lowest BCUT2D eigenvalue weighted by Gasteiger charge is -2.23. The summed E-state index contributed by atoms with van der Waals surface area (Å²) in [6.07, 6.45) is 0.636. The molecule has 102 valence electrons. The van der Waals surface area contributed by atoms with Gasteiger partial charge in [0.05, 0.1) is 0 Å². The van der Waals surface area contributed by atoms with Crippen molar-refractivity contribution in [3.63, 3.8) is 0 Å². The molecule has 0 aliphatic heterocycles. The van der Waals surface area contributed by atoms with Crippen molar-refractivity contribution in [2.45, 2.75) is 32.4 Å². The van der Waals surface area contributed by atoms with Crippen molar-refractivity contribution in [2.24, 2.45) is 5.73 Å². The van der Waals surface area contributed by atoms with Crippen molar-refractivity contribution in [1.29, 1.82) is 0 Å². The van der Waals surface area contributed by atoms with Crippen LogP contribution in [0.25, 0.3) is 0 Å². The Balaban J connectivity index is 2.21. The third-order valence-corrected chi connectivity index (χ3v) is 4.04. The van der Waals surface area contributed by atoms with Gasteiger partial charge in [0, 0.05) is 15.8 Å². The number of hydrogen-bond acceptors (Lipinski definition) is 3. The van der Waals surface area contributed by atoms with E-state index in [2.05, 4.69) is 13.0 Å². The molecule has 19 heavy (non-hydrogen) atoms. The summed E-state index contributed by atoms with van der Waals surface area (Å²) in [5, 5.41) is 0. The first kappa shape index (κ1) is 14.0. The quantitative estimate of drug-likeness (QED) is 0.896. The highest BCUT2D eigenvalue weighted by Gasteiger charge is 2.22. The Morgan fingerprint density at radius 3 is 2.42 bits per heavy atom. The number of rotatable bonds is 5. The van der Waals surface area contributed by atoms with Crippen LogP contribution in [0.2, 0.25) is 0 Å².